The van der Waals surface area contributed by atoms with Gasteiger partial charge in [-0.3, -0.25) is 15.0 Å². The van der Waals surface area contributed by atoms with Crippen LogP contribution < -0.4 is 10.5 Å². The molecule has 2 aromatic rings. The second kappa shape index (κ2) is 8.30. The molecule has 0 saturated carbocycles. The van der Waals surface area contributed by atoms with Gasteiger partial charge in [0, 0.05) is 18.7 Å². The summed E-state index contributed by atoms with van der Waals surface area (Å²) in [5.41, 5.74) is -0.132. The largest absolute Gasteiger partial charge is 0.468 e. The first kappa shape index (κ1) is 19.9. The normalized spacial score (nSPS) is 12.9. The second-order valence-corrected chi connectivity index (χ2v) is 7.15. The zero-order valence-electron chi connectivity index (χ0n) is 14.6. The second-order valence-electron chi connectivity index (χ2n) is 5.62. The fourth-order valence-corrected chi connectivity index (χ4v) is 3.50. The van der Waals surface area contributed by atoms with Crippen molar-refractivity contribution in [1.82, 2.24) is 4.90 Å². The molecule has 1 heterocycles. The van der Waals surface area contributed by atoms with E-state index in [0.717, 1.165) is 24.9 Å². The van der Waals surface area contributed by atoms with Gasteiger partial charge in [-0.05, 0) is 31.3 Å². The number of rotatable bonds is 9. The number of nitro benzene ring substituents is 1. The lowest BCUT2D eigenvalue weighted by Gasteiger charge is -2.28. The van der Waals surface area contributed by atoms with Gasteiger partial charge in [-0.15, -0.1) is 0 Å². The number of hydrogen-bond acceptors (Lipinski definition) is 7. The molecule has 0 bridgehead atoms. The number of sulfonamides is 1. The molecule has 0 aliphatic rings. The Morgan fingerprint density at radius 2 is 2.00 bits per heavy atom. The van der Waals surface area contributed by atoms with Crippen molar-refractivity contribution in [3.63, 3.8) is 0 Å². The van der Waals surface area contributed by atoms with Crippen molar-refractivity contribution in [1.29, 1.82) is 0 Å². The van der Waals surface area contributed by atoms with Crippen LogP contribution in [0.15, 0.2) is 45.9 Å². The van der Waals surface area contributed by atoms with Gasteiger partial charge in [0.25, 0.3) is 5.69 Å². The monoisotopic (exact) mass is 382 g/mol. The number of likely N-dealkylation sites (N-methyl/N-ethyl adjacent to an activating group) is 1. The zero-order valence-corrected chi connectivity index (χ0v) is 15.4. The van der Waals surface area contributed by atoms with E-state index in [1.165, 1.54) is 12.1 Å². The summed E-state index contributed by atoms with van der Waals surface area (Å²) in [4.78, 5) is 12.1. The van der Waals surface area contributed by atoms with Crippen LogP contribution in [0.5, 0.6) is 0 Å². The van der Waals surface area contributed by atoms with Crippen molar-refractivity contribution < 1.29 is 17.8 Å². The molecule has 0 fully saturated rings. The van der Waals surface area contributed by atoms with Gasteiger partial charge < -0.3 is 9.73 Å². The lowest BCUT2D eigenvalue weighted by Crippen LogP contribution is -2.33. The van der Waals surface area contributed by atoms with E-state index in [2.05, 4.69) is 10.2 Å². The van der Waals surface area contributed by atoms with Crippen LogP contribution >= 0.6 is 0 Å². The molecule has 0 amide bonds. The first-order valence-corrected chi connectivity index (χ1v) is 9.65. The summed E-state index contributed by atoms with van der Waals surface area (Å²) in [6, 6.07) is 7.03. The van der Waals surface area contributed by atoms with Gasteiger partial charge in [0.15, 0.2) is 0 Å². The maximum Gasteiger partial charge on any atom is 0.270 e. The Labute approximate surface area is 152 Å². The quantitative estimate of drug-likeness (QED) is 0.502. The highest BCUT2D eigenvalue weighted by Gasteiger charge is 2.23. The molecule has 1 unspecified atom stereocenters. The summed E-state index contributed by atoms with van der Waals surface area (Å²) < 4.78 is 29.2. The van der Waals surface area contributed by atoms with Crippen molar-refractivity contribution in [2.75, 3.05) is 25.0 Å². The lowest BCUT2D eigenvalue weighted by molar-refractivity contribution is -0.385. The van der Waals surface area contributed by atoms with E-state index in [9.17, 15) is 18.5 Å². The smallest absolute Gasteiger partial charge is 0.270 e. The molecule has 9 nitrogen and oxygen atoms in total. The van der Waals surface area contributed by atoms with Crippen molar-refractivity contribution in [3.05, 3.63) is 52.5 Å². The number of nitrogens with one attached hydrogen (secondary N) is 1. The maximum atomic E-state index is 11.8. The molecule has 1 aromatic heterocycles. The lowest BCUT2D eigenvalue weighted by atomic mass is 10.1. The Bertz CT molecular complexity index is 848. The molecule has 1 atom stereocenters. The van der Waals surface area contributed by atoms with Gasteiger partial charge in [-0.25, -0.2) is 13.6 Å². The standard InChI is InChI=1S/C16H22N4O5S/c1-3-19(4-2)14(15-6-5-9-25-15)11-18-13-8-7-12(20(21)22)10-16(13)26(17,23)24/h5-10,14,18H,3-4,11H2,1-2H3,(H2,17,23,24). The molecule has 0 saturated heterocycles. The van der Waals surface area contributed by atoms with Gasteiger partial charge in [0.05, 0.1) is 22.9 Å². The highest BCUT2D eigenvalue weighted by molar-refractivity contribution is 7.89. The first-order chi connectivity index (χ1) is 12.3. The maximum absolute atomic E-state index is 11.8. The molecule has 0 aliphatic carbocycles. The highest BCUT2D eigenvalue weighted by atomic mass is 32.2. The summed E-state index contributed by atoms with van der Waals surface area (Å²) in [6.07, 6.45) is 1.58. The van der Waals surface area contributed by atoms with Crippen LogP contribution in [0.4, 0.5) is 11.4 Å². The van der Waals surface area contributed by atoms with E-state index in [4.69, 9.17) is 9.56 Å². The van der Waals surface area contributed by atoms with E-state index in [1.54, 1.807) is 12.3 Å². The van der Waals surface area contributed by atoms with Crippen molar-refractivity contribution in [2.24, 2.45) is 5.14 Å². The number of hydrogen-bond donors (Lipinski definition) is 2. The van der Waals surface area contributed by atoms with Crippen LogP contribution in [0, 0.1) is 10.1 Å². The predicted molar refractivity (Wildman–Crippen MR) is 97.3 cm³/mol. The number of nitrogens with two attached hydrogens (primary N) is 1. The first-order valence-electron chi connectivity index (χ1n) is 8.10. The van der Waals surface area contributed by atoms with Crippen LogP contribution in [0.3, 0.4) is 0 Å². The summed E-state index contributed by atoms with van der Waals surface area (Å²) in [5.74, 6) is 0.736. The Morgan fingerprint density at radius 3 is 2.50 bits per heavy atom. The zero-order chi connectivity index (χ0) is 19.3. The molecule has 142 valence electrons. The van der Waals surface area contributed by atoms with Gasteiger partial charge in [-0.1, -0.05) is 13.8 Å². The molecule has 0 aliphatic heterocycles. The Kier molecular flexibility index (Phi) is 6.35. The van der Waals surface area contributed by atoms with Crippen molar-refractivity contribution >= 4 is 21.4 Å². The van der Waals surface area contributed by atoms with E-state index >= 15 is 0 Å². The highest BCUT2D eigenvalue weighted by Crippen LogP contribution is 2.27. The Balaban J connectivity index is 2.33. The van der Waals surface area contributed by atoms with Gasteiger partial charge >= 0.3 is 0 Å². The third-order valence-corrected chi connectivity index (χ3v) is 5.04. The topological polar surface area (TPSA) is 132 Å². The Morgan fingerprint density at radius 1 is 1.31 bits per heavy atom. The van der Waals surface area contributed by atoms with Gasteiger partial charge in [0.2, 0.25) is 10.0 Å². The fraction of sp³-hybridized carbons (Fsp3) is 0.375. The molecule has 0 spiro atoms. The average Bonchev–Trinajstić information content (AvgIpc) is 3.11. The van der Waals surface area contributed by atoms with E-state index < -0.39 is 14.9 Å². The summed E-state index contributed by atoms with van der Waals surface area (Å²) in [5, 5.41) is 19.2. The molecule has 1 aromatic carbocycles. The third-order valence-electron chi connectivity index (χ3n) is 4.09. The molecular weight excluding hydrogens is 360 g/mol. The number of nitrogens with zero attached hydrogens (tertiary/aromatic N) is 2. The van der Waals surface area contributed by atoms with Crippen LogP contribution in [0.2, 0.25) is 0 Å². The van der Waals surface area contributed by atoms with Crippen molar-refractivity contribution in [2.45, 2.75) is 24.8 Å². The van der Waals surface area contributed by atoms with E-state index in [1.807, 2.05) is 19.9 Å². The minimum absolute atomic E-state index is 0.136. The molecule has 10 heteroatoms. The van der Waals surface area contributed by atoms with Gasteiger partial charge in [-0.2, -0.15) is 0 Å². The number of furan rings is 1. The molecule has 2 rings (SSSR count). The molecule has 26 heavy (non-hydrogen) atoms. The summed E-state index contributed by atoms with van der Waals surface area (Å²) >= 11 is 0. The molecular formula is C16H22N4O5S. The van der Waals surface area contributed by atoms with Crippen molar-refractivity contribution in [3.8, 4) is 0 Å². The van der Waals surface area contributed by atoms with Crippen LogP contribution in [0.25, 0.3) is 0 Å². The minimum Gasteiger partial charge on any atom is -0.468 e. The number of primary sulfonamides is 1. The fourth-order valence-electron chi connectivity index (χ4n) is 2.77. The van der Waals surface area contributed by atoms with E-state index in [-0.39, 0.29) is 22.3 Å². The minimum atomic E-state index is -4.13. The number of benzene rings is 1. The number of non-ortho nitro benzene ring substituents is 1. The average molecular weight is 382 g/mol. The molecule has 3 N–H and O–H groups in total. The van der Waals surface area contributed by atoms with E-state index in [0.29, 0.717) is 6.54 Å². The van der Waals surface area contributed by atoms with Gasteiger partial charge in [0.1, 0.15) is 10.7 Å². The van der Waals surface area contributed by atoms with Crippen LogP contribution in [-0.2, 0) is 10.0 Å². The predicted octanol–water partition coefficient (Wildman–Crippen LogP) is 2.33. The number of anilines is 1. The third kappa shape index (κ3) is 4.59. The SMILES string of the molecule is CCN(CC)C(CNc1ccc([N+](=O)[O-])cc1S(N)(=O)=O)c1ccco1. The number of nitro groups is 1. The summed E-state index contributed by atoms with van der Waals surface area (Å²) in [7, 11) is -4.13. The summed E-state index contributed by atoms with van der Waals surface area (Å²) in [6.45, 7) is 5.91. The Hall–Kier alpha value is -2.43. The van der Waals surface area contributed by atoms with Crippen LogP contribution in [-0.4, -0.2) is 37.9 Å². The van der Waals surface area contributed by atoms with Crippen LogP contribution in [0.1, 0.15) is 25.6 Å². The molecule has 0 radical (unpaired) electrons.